The third-order valence-corrected chi connectivity index (χ3v) is 1.95. The van der Waals surface area contributed by atoms with E-state index in [9.17, 15) is 13.2 Å². The van der Waals surface area contributed by atoms with Crippen LogP contribution in [0.5, 0.6) is 0 Å². The Kier molecular flexibility index (Phi) is 2.32. The highest BCUT2D eigenvalue weighted by Crippen LogP contribution is 2.38. The van der Waals surface area contributed by atoms with Crippen molar-refractivity contribution < 1.29 is 13.2 Å². The summed E-state index contributed by atoms with van der Waals surface area (Å²) in [5.41, 5.74) is -1.92. The van der Waals surface area contributed by atoms with Crippen molar-refractivity contribution in [2.24, 2.45) is 0 Å². The first-order valence-electron chi connectivity index (χ1n) is 3.75. The SMILES string of the molecule is CC(C)(c1c[c]ccn1)C(F)(F)F. The molecule has 0 aromatic carbocycles. The van der Waals surface area contributed by atoms with E-state index in [-0.39, 0.29) is 5.69 Å². The molecule has 1 rings (SSSR count). The second kappa shape index (κ2) is 3.01. The third kappa shape index (κ3) is 1.82. The van der Waals surface area contributed by atoms with E-state index in [2.05, 4.69) is 11.1 Å². The molecule has 0 aliphatic carbocycles. The van der Waals surface area contributed by atoms with E-state index in [0.29, 0.717) is 0 Å². The molecular formula is C9H9F3N. The standard InChI is InChI=1S/C9H9F3N/c1-8(2,9(10,11)12)7-5-3-4-6-13-7/h4-6H,1-2H3. The number of aromatic nitrogens is 1. The van der Waals surface area contributed by atoms with Crippen LogP contribution in [0.2, 0.25) is 0 Å². The molecule has 0 spiro atoms. The van der Waals surface area contributed by atoms with Gasteiger partial charge in [-0.3, -0.25) is 4.98 Å². The minimum Gasteiger partial charge on any atom is -0.260 e. The lowest BCUT2D eigenvalue weighted by Gasteiger charge is -2.26. The van der Waals surface area contributed by atoms with Gasteiger partial charge < -0.3 is 0 Å². The quantitative estimate of drug-likeness (QED) is 0.660. The molecule has 0 amide bonds. The summed E-state index contributed by atoms with van der Waals surface area (Å²) in [7, 11) is 0. The first kappa shape index (κ1) is 10.0. The lowest BCUT2D eigenvalue weighted by atomic mass is 9.88. The maximum Gasteiger partial charge on any atom is 0.399 e. The number of alkyl halides is 3. The second-order valence-electron chi connectivity index (χ2n) is 3.26. The Balaban J connectivity index is 3.08. The van der Waals surface area contributed by atoms with Crippen LogP contribution in [0, 0.1) is 6.07 Å². The van der Waals surface area contributed by atoms with Crippen molar-refractivity contribution in [1.29, 1.82) is 0 Å². The molecule has 0 fully saturated rings. The summed E-state index contributed by atoms with van der Waals surface area (Å²) in [6.45, 7) is 2.20. The number of nitrogens with zero attached hydrogens (tertiary/aromatic N) is 1. The molecule has 1 nitrogen and oxygen atoms in total. The van der Waals surface area contributed by atoms with Gasteiger partial charge in [-0.25, -0.2) is 0 Å². The van der Waals surface area contributed by atoms with Crippen LogP contribution in [-0.4, -0.2) is 11.2 Å². The fourth-order valence-electron chi connectivity index (χ4n) is 0.812. The largest absolute Gasteiger partial charge is 0.399 e. The minimum absolute atomic E-state index is 0.0116. The van der Waals surface area contributed by atoms with Gasteiger partial charge in [0.25, 0.3) is 0 Å². The van der Waals surface area contributed by atoms with Crippen LogP contribution in [0.4, 0.5) is 13.2 Å². The van der Waals surface area contributed by atoms with Gasteiger partial charge in [0.1, 0.15) is 5.41 Å². The molecule has 0 N–H and O–H groups in total. The summed E-state index contributed by atoms with van der Waals surface area (Å²) in [5.74, 6) is 0. The van der Waals surface area contributed by atoms with Crippen molar-refractivity contribution in [3.05, 3.63) is 30.1 Å². The molecule has 0 aliphatic heterocycles. The zero-order valence-electron chi connectivity index (χ0n) is 7.31. The molecule has 4 heteroatoms. The Morgan fingerprint density at radius 2 is 1.92 bits per heavy atom. The van der Waals surface area contributed by atoms with Crippen LogP contribution in [0.1, 0.15) is 19.5 Å². The molecule has 71 valence electrons. The topological polar surface area (TPSA) is 12.9 Å². The zero-order chi connectivity index (χ0) is 10.1. The van der Waals surface area contributed by atoms with Crippen LogP contribution >= 0.6 is 0 Å². The van der Waals surface area contributed by atoms with Crippen LogP contribution < -0.4 is 0 Å². The van der Waals surface area contributed by atoms with Crippen molar-refractivity contribution >= 4 is 0 Å². The maximum absolute atomic E-state index is 12.5. The van der Waals surface area contributed by atoms with Crippen molar-refractivity contribution in [3.63, 3.8) is 0 Å². The number of halogens is 3. The average molecular weight is 188 g/mol. The number of rotatable bonds is 1. The fourth-order valence-corrected chi connectivity index (χ4v) is 0.812. The highest BCUT2D eigenvalue weighted by molar-refractivity contribution is 5.16. The van der Waals surface area contributed by atoms with Gasteiger partial charge in [-0.1, -0.05) is 0 Å². The monoisotopic (exact) mass is 188 g/mol. The highest BCUT2D eigenvalue weighted by Gasteiger charge is 2.49. The summed E-state index contributed by atoms with van der Waals surface area (Å²) in [5, 5.41) is 0. The Labute approximate surface area is 74.6 Å². The van der Waals surface area contributed by atoms with Gasteiger partial charge in [0.05, 0.1) is 5.69 Å². The lowest BCUT2D eigenvalue weighted by molar-refractivity contribution is -0.181. The van der Waals surface area contributed by atoms with Gasteiger partial charge in [-0.2, -0.15) is 13.2 Å². The van der Waals surface area contributed by atoms with Gasteiger partial charge in [0.2, 0.25) is 0 Å². The molecule has 1 radical (unpaired) electrons. The molecule has 0 aliphatic rings. The van der Waals surface area contributed by atoms with Crippen molar-refractivity contribution in [2.75, 3.05) is 0 Å². The van der Waals surface area contributed by atoms with E-state index in [1.54, 1.807) is 0 Å². The molecule has 0 atom stereocenters. The molecule has 13 heavy (non-hydrogen) atoms. The summed E-state index contributed by atoms with van der Waals surface area (Å²) in [6.07, 6.45) is -2.97. The molecule has 0 bridgehead atoms. The molecule has 1 aromatic rings. The van der Waals surface area contributed by atoms with Crippen molar-refractivity contribution in [2.45, 2.75) is 25.4 Å². The summed E-state index contributed by atoms with van der Waals surface area (Å²) in [4.78, 5) is 3.67. The van der Waals surface area contributed by atoms with Crippen LogP contribution in [0.15, 0.2) is 18.3 Å². The van der Waals surface area contributed by atoms with E-state index in [1.807, 2.05) is 0 Å². The van der Waals surface area contributed by atoms with E-state index >= 15 is 0 Å². The van der Waals surface area contributed by atoms with Crippen LogP contribution in [0.3, 0.4) is 0 Å². The molecular weight excluding hydrogens is 179 g/mol. The maximum atomic E-state index is 12.5. The molecule has 0 unspecified atom stereocenters. The Bertz CT molecular complexity index is 277. The van der Waals surface area contributed by atoms with Gasteiger partial charge in [-0.15, -0.1) is 0 Å². The third-order valence-electron chi connectivity index (χ3n) is 1.95. The summed E-state index contributed by atoms with van der Waals surface area (Å²) in [6, 6.07) is 5.30. The van der Waals surface area contributed by atoms with E-state index in [4.69, 9.17) is 0 Å². The van der Waals surface area contributed by atoms with Gasteiger partial charge >= 0.3 is 6.18 Å². The molecule has 1 aromatic heterocycles. The predicted octanol–water partition coefficient (Wildman–Crippen LogP) is 2.72. The van der Waals surface area contributed by atoms with Gasteiger partial charge in [-0.05, 0) is 32.0 Å². The predicted molar refractivity (Wildman–Crippen MR) is 42.2 cm³/mol. The first-order chi connectivity index (χ1) is 5.86. The van der Waals surface area contributed by atoms with Crippen molar-refractivity contribution in [3.8, 4) is 0 Å². The summed E-state index contributed by atoms with van der Waals surface area (Å²) < 4.78 is 37.4. The van der Waals surface area contributed by atoms with Crippen LogP contribution in [-0.2, 0) is 5.41 Å². The second-order valence-corrected chi connectivity index (χ2v) is 3.26. The number of pyridine rings is 1. The van der Waals surface area contributed by atoms with E-state index < -0.39 is 11.6 Å². The van der Waals surface area contributed by atoms with E-state index in [0.717, 1.165) is 13.8 Å². The van der Waals surface area contributed by atoms with E-state index in [1.165, 1.54) is 18.3 Å². The number of hydrogen-bond donors (Lipinski definition) is 0. The number of hydrogen-bond acceptors (Lipinski definition) is 1. The van der Waals surface area contributed by atoms with Gasteiger partial charge in [0, 0.05) is 6.20 Å². The van der Waals surface area contributed by atoms with Gasteiger partial charge in [0.15, 0.2) is 0 Å². The normalized spacial score (nSPS) is 13.0. The summed E-state index contributed by atoms with van der Waals surface area (Å²) >= 11 is 0. The average Bonchev–Trinajstić information content (AvgIpc) is 2.04. The molecule has 0 saturated carbocycles. The Morgan fingerprint density at radius 3 is 2.31 bits per heavy atom. The van der Waals surface area contributed by atoms with Crippen LogP contribution in [0.25, 0.3) is 0 Å². The zero-order valence-corrected chi connectivity index (χ0v) is 7.31. The Morgan fingerprint density at radius 1 is 1.31 bits per heavy atom. The molecule has 1 heterocycles. The Hall–Kier alpha value is -1.06. The minimum atomic E-state index is -4.28. The highest BCUT2D eigenvalue weighted by atomic mass is 19.4. The fraction of sp³-hybridized carbons (Fsp3) is 0.444. The first-order valence-corrected chi connectivity index (χ1v) is 3.75. The van der Waals surface area contributed by atoms with Crippen molar-refractivity contribution in [1.82, 2.24) is 4.98 Å². The molecule has 0 saturated heterocycles. The lowest BCUT2D eigenvalue weighted by Crippen LogP contribution is -2.37. The smallest absolute Gasteiger partial charge is 0.260 e.